The van der Waals surface area contributed by atoms with Gasteiger partial charge in [0.1, 0.15) is 0 Å². The predicted octanol–water partition coefficient (Wildman–Crippen LogP) is 1.01. The van der Waals surface area contributed by atoms with Gasteiger partial charge in [0, 0.05) is 11.3 Å². The molecule has 0 spiro atoms. The van der Waals surface area contributed by atoms with Gasteiger partial charge in [0.25, 0.3) is 0 Å². The lowest BCUT2D eigenvalue weighted by Gasteiger charge is -1.87. The maximum atomic E-state index is 11.2. The molecule has 0 heterocycles. The molecule has 0 rings (SSSR count). The molecule has 0 aliphatic rings. The van der Waals surface area contributed by atoms with E-state index in [0.717, 1.165) is 0 Å². The molecule has 48 valence electrons. The third-order valence-corrected chi connectivity index (χ3v) is 0.724. The summed E-state index contributed by atoms with van der Waals surface area (Å²) in [6.45, 7) is -0.558. The molecule has 0 aliphatic carbocycles. The summed E-state index contributed by atoms with van der Waals surface area (Å²) in [6, 6.07) is 0. The Bertz CT molecular complexity index is 76.4. The van der Waals surface area contributed by atoms with Crippen LogP contribution in [-0.2, 0) is 0 Å². The van der Waals surface area contributed by atoms with E-state index >= 15 is 0 Å². The molecule has 0 aliphatic heterocycles. The van der Waals surface area contributed by atoms with Crippen molar-refractivity contribution in [2.75, 3.05) is 13.2 Å². The molecule has 3 nitrogen and oxygen atoms in total. The van der Waals surface area contributed by atoms with Gasteiger partial charge in [0.05, 0.1) is 6.67 Å². The molecule has 0 atom stereocenters. The number of unbranched alkanes of at least 4 members (excludes halogenated alkanes) is 1. The van der Waals surface area contributed by atoms with Crippen molar-refractivity contribution in [2.24, 2.45) is 0 Å². The summed E-state index contributed by atoms with van der Waals surface area (Å²) in [7, 11) is 0. The highest BCUT2D eigenvalue weighted by atomic mass is 19.1. The topological polar surface area (TPSA) is 43.1 Å². The van der Waals surface area contributed by atoms with E-state index in [9.17, 15) is 14.5 Å². The van der Waals surface area contributed by atoms with E-state index in [-0.39, 0.29) is 6.54 Å². The second-order valence-electron chi connectivity index (χ2n) is 1.45. The van der Waals surface area contributed by atoms with Crippen LogP contribution in [0.3, 0.4) is 0 Å². The molecule has 4 heteroatoms. The Balaban J connectivity index is 2.82. The fourth-order valence-corrected chi connectivity index (χ4v) is 0.335. The molecule has 0 bridgehead atoms. The molecule has 0 saturated heterocycles. The SMILES string of the molecule is O=[N+]([O-])CCCCF. The van der Waals surface area contributed by atoms with Crippen molar-refractivity contribution in [2.45, 2.75) is 12.8 Å². The highest BCUT2D eigenvalue weighted by Crippen LogP contribution is 1.88. The molecule has 0 saturated carbocycles. The Morgan fingerprint density at radius 1 is 1.50 bits per heavy atom. The first kappa shape index (κ1) is 7.33. The zero-order valence-electron chi connectivity index (χ0n) is 4.47. The Hall–Kier alpha value is -0.670. The van der Waals surface area contributed by atoms with Crippen molar-refractivity contribution in [1.82, 2.24) is 0 Å². The van der Waals surface area contributed by atoms with Crippen LogP contribution in [0.2, 0.25) is 0 Å². The lowest BCUT2D eigenvalue weighted by molar-refractivity contribution is -0.480. The fourth-order valence-electron chi connectivity index (χ4n) is 0.335. The van der Waals surface area contributed by atoms with Gasteiger partial charge in [-0.2, -0.15) is 0 Å². The van der Waals surface area contributed by atoms with Crippen LogP contribution in [0.5, 0.6) is 0 Å². The van der Waals surface area contributed by atoms with E-state index in [1.54, 1.807) is 0 Å². The van der Waals surface area contributed by atoms with E-state index < -0.39 is 11.6 Å². The Morgan fingerprint density at radius 3 is 2.50 bits per heavy atom. The third kappa shape index (κ3) is 5.33. The van der Waals surface area contributed by atoms with Gasteiger partial charge >= 0.3 is 0 Å². The number of rotatable bonds is 4. The van der Waals surface area contributed by atoms with Crippen LogP contribution in [0.4, 0.5) is 4.39 Å². The first-order valence-electron chi connectivity index (χ1n) is 2.45. The Labute approximate surface area is 46.7 Å². The molecule has 8 heavy (non-hydrogen) atoms. The molecule has 0 amide bonds. The van der Waals surface area contributed by atoms with Gasteiger partial charge in [-0.05, 0) is 6.42 Å². The average Bonchev–Trinajstić information content (AvgIpc) is 1.66. The van der Waals surface area contributed by atoms with Gasteiger partial charge < -0.3 is 0 Å². The van der Waals surface area contributed by atoms with Crippen molar-refractivity contribution in [3.63, 3.8) is 0 Å². The number of alkyl halides is 1. The van der Waals surface area contributed by atoms with Crippen LogP contribution < -0.4 is 0 Å². The highest BCUT2D eigenvalue weighted by molar-refractivity contribution is 4.33. The van der Waals surface area contributed by atoms with E-state index in [2.05, 4.69) is 0 Å². The first-order chi connectivity index (χ1) is 3.77. The molecule has 0 aromatic heterocycles. The molecule has 0 radical (unpaired) electrons. The first-order valence-corrected chi connectivity index (χ1v) is 2.45. The third-order valence-electron chi connectivity index (χ3n) is 0.724. The Kier molecular flexibility index (Phi) is 4.11. The summed E-state index contributed by atoms with van der Waals surface area (Å²) in [5.41, 5.74) is 0. The van der Waals surface area contributed by atoms with Crippen LogP contribution in [0.15, 0.2) is 0 Å². The molecular formula is C4H8FNO2. The lowest BCUT2D eigenvalue weighted by Crippen LogP contribution is -1.99. The quantitative estimate of drug-likeness (QED) is 0.316. The van der Waals surface area contributed by atoms with E-state index in [0.29, 0.717) is 12.8 Å². The normalized spacial score (nSPS) is 9.12. The number of nitro groups is 1. The van der Waals surface area contributed by atoms with Crippen LogP contribution in [0.1, 0.15) is 12.8 Å². The summed E-state index contributed by atoms with van der Waals surface area (Å²) >= 11 is 0. The molecule has 0 unspecified atom stereocenters. The second kappa shape index (κ2) is 4.49. The average molecular weight is 121 g/mol. The van der Waals surface area contributed by atoms with Gasteiger partial charge in [-0.1, -0.05) is 0 Å². The minimum Gasteiger partial charge on any atom is -0.265 e. The van der Waals surface area contributed by atoms with E-state index in [4.69, 9.17) is 0 Å². The van der Waals surface area contributed by atoms with Gasteiger partial charge in [0.2, 0.25) is 6.54 Å². The summed E-state index contributed by atoms with van der Waals surface area (Å²) in [4.78, 5) is 9.12. The van der Waals surface area contributed by atoms with Crippen molar-refractivity contribution >= 4 is 0 Å². The standard InChI is InChI=1S/C4H8FNO2/c5-3-1-2-4-6(7)8/h1-4H2. The number of hydrogen-bond donors (Lipinski definition) is 0. The number of hydrogen-bond acceptors (Lipinski definition) is 2. The van der Waals surface area contributed by atoms with Gasteiger partial charge in [-0.15, -0.1) is 0 Å². The van der Waals surface area contributed by atoms with Crippen LogP contribution in [0.25, 0.3) is 0 Å². The maximum Gasteiger partial charge on any atom is 0.204 e. The maximum absolute atomic E-state index is 11.2. The minimum absolute atomic E-state index is 0.107. The number of nitrogens with zero attached hydrogens (tertiary/aromatic N) is 1. The predicted molar refractivity (Wildman–Crippen MR) is 27.1 cm³/mol. The fraction of sp³-hybridized carbons (Fsp3) is 1.00. The largest absolute Gasteiger partial charge is 0.265 e. The van der Waals surface area contributed by atoms with Crippen LogP contribution in [0, 0.1) is 10.1 Å². The summed E-state index contributed by atoms with van der Waals surface area (Å²) in [5.74, 6) is 0. The summed E-state index contributed by atoms with van der Waals surface area (Å²) < 4.78 is 11.2. The highest BCUT2D eigenvalue weighted by Gasteiger charge is 1.93. The molecular weight excluding hydrogens is 113 g/mol. The van der Waals surface area contributed by atoms with Crippen LogP contribution in [-0.4, -0.2) is 18.1 Å². The minimum atomic E-state index is -0.451. The zero-order valence-corrected chi connectivity index (χ0v) is 4.47. The molecule has 0 fully saturated rings. The van der Waals surface area contributed by atoms with Gasteiger partial charge in [-0.3, -0.25) is 14.5 Å². The monoisotopic (exact) mass is 121 g/mol. The molecule has 0 aromatic rings. The zero-order chi connectivity index (χ0) is 6.41. The summed E-state index contributed by atoms with van der Waals surface area (Å²) in [6.07, 6.45) is 0.657. The van der Waals surface area contributed by atoms with Gasteiger partial charge in [0.15, 0.2) is 0 Å². The summed E-state index contributed by atoms with van der Waals surface area (Å²) in [5, 5.41) is 9.56. The Morgan fingerprint density at radius 2 is 2.12 bits per heavy atom. The number of halogens is 1. The van der Waals surface area contributed by atoms with Crippen molar-refractivity contribution in [1.29, 1.82) is 0 Å². The van der Waals surface area contributed by atoms with Crippen molar-refractivity contribution in [3.8, 4) is 0 Å². The smallest absolute Gasteiger partial charge is 0.204 e. The van der Waals surface area contributed by atoms with Crippen molar-refractivity contribution < 1.29 is 9.31 Å². The van der Waals surface area contributed by atoms with Gasteiger partial charge in [-0.25, -0.2) is 0 Å². The second-order valence-corrected chi connectivity index (χ2v) is 1.45. The van der Waals surface area contributed by atoms with E-state index in [1.165, 1.54) is 0 Å². The van der Waals surface area contributed by atoms with Crippen molar-refractivity contribution in [3.05, 3.63) is 10.1 Å². The molecule has 0 N–H and O–H groups in total. The molecule has 0 aromatic carbocycles. The lowest BCUT2D eigenvalue weighted by atomic mass is 10.3. The van der Waals surface area contributed by atoms with E-state index in [1.807, 2.05) is 0 Å². The van der Waals surface area contributed by atoms with Crippen LogP contribution >= 0.6 is 0 Å².